The fourth-order valence-corrected chi connectivity index (χ4v) is 2.87. The molecule has 0 aromatic carbocycles. The second-order valence-corrected chi connectivity index (χ2v) is 5.68. The van der Waals surface area contributed by atoms with Gasteiger partial charge < -0.3 is 14.6 Å². The van der Waals surface area contributed by atoms with E-state index in [0.29, 0.717) is 6.42 Å². The first kappa shape index (κ1) is 14.7. The first-order valence-corrected chi connectivity index (χ1v) is 6.58. The van der Waals surface area contributed by atoms with Gasteiger partial charge >= 0.3 is 5.97 Å². The lowest BCUT2D eigenvalue weighted by molar-refractivity contribution is -0.147. The monoisotopic (exact) mass is 278 g/mol. The SMILES string of the molecule is C=C1C(=O)O[C@H]([C@H]2C(=O)C=C[C@@]2(C)O)[C@H]1CCC(C)=O. The van der Waals surface area contributed by atoms with Gasteiger partial charge in [0, 0.05) is 17.9 Å². The first-order chi connectivity index (χ1) is 9.24. The Morgan fingerprint density at radius 1 is 1.50 bits per heavy atom. The third kappa shape index (κ3) is 2.45. The molecule has 0 radical (unpaired) electrons. The number of hydrogen-bond acceptors (Lipinski definition) is 5. The smallest absolute Gasteiger partial charge is 0.334 e. The topological polar surface area (TPSA) is 80.7 Å². The third-order valence-electron chi connectivity index (χ3n) is 4.01. The van der Waals surface area contributed by atoms with Crippen molar-refractivity contribution in [3.8, 4) is 0 Å². The van der Waals surface area contributed by atoms with Crippen LogP contribution >= 0.6 is 0 Å². The largest absolute Gasteiger partial charge is 0.457 e. The van der Waals surface area contributed by atoms with Gasteiger partial charge in [-0.1, -0.05) is 6.58 Å². The number of carbonyl (C=O) groups is 3. The van der Waals surface area contributed by atoms with Crippen molar-refractivity contribution in [3.63, 3.8) is 0 Å². The lowest BCUT2D eigenvalue weighted by Crippen LogP contribution is -2.44. The van der Waals surface area contributed by atoms with Crippen LogP contribution < -0.4 is 0 Å². The zero-order valence-corrected chi connectivity index (χ0v) is 11.6. The second kappa shape index (κ2) is 4.98. The number of Topliss-reactive ketones (excluding diaryl/α,β-unsaturated/α-hetero) is 1. The molecular weight excluding hydrogens is 260 g/mol. The Hall–Kier alpha value is -1.75. The van der Waals surface area contributed by atoms with Crippen molar-refractivity contribution < 1.29 is 24.2 Å². The minimum atomic E-state index is -1.35. The minimum Gasteiger partial charge on any atom is -0.457 e. The summed E-state index contributed by atoms with van der Waals surface area (Å²) >= 11 is 0. The van der Waals surface area contributed by atoms with Crippen LogP contribution in [0.3, 0.4) is 0 Å². The summed E-state index contributed by atoms with van der Waals surface area (Å²) < 4.78 is 5.24. The highest BCUT2D eigenvalue weighted by Gasteiger charge is 2.52. The average Bonchev–Trinajstić information content (AvgIpc) is 2.75. The summed E-state index contributed by atoms with van der Waals surface area (Å²) in [5, 5.41) is 10.3. The van der Waals surface area contributed by atoms with Crippen molar-refractivity contribution in [3.05, 3.63) is 24.3 Å². The number of esters is 1. The van der Waals surface area contributed by atoms with Crippen LogP contribution in [0.2, 0.25) is 0 Å². The van der Waals surface area contributed by atoms with Gasteiger partial charge in [-0.05, 0) is 32.4 Å². The number of allylic oxidation sites excluding steroid dienone is 1. The van der Waals surface area contributed by atoms with Crippen molar-refractivity contribution in [2.24, 2.45) is 11.8 Å². The maximum absolute atomic E-state index is 11.9. The molecule has 4 atom stereocenters. The molecule has 1 aliphatic carbocycles. The molecule has 0 spiro atoms. The summed E-state index contributed by atoms with van der Waals surface area (Å²) in [6.07, 6.45) is 2.64. The zero-order valence-electron chi connectivity index (χ0n) is 11.6. The quantitative estimate of drug-likeness (QED) is 0.612. The van der Waals surface area contributed by atoms with Gasteiger partial charge in [-0.25, -0.2) is 4.79 Å². The fraction of sp³-hybridized carbons (Fsp3) is 0.533. The molecule has 2 aliphatic rings. The van der Waals surface area contributed by atoms with Gasteiger partial charge in [-0.15, -0.1) is 0 Å². The van der Waals surface area contributed by atoms with Gasteiger partial charge in [-0.3, -0.25) is 4.79 Å². The summed E-state index contributed by atoms with van der Waals surface area (Å²) in [5.41, 5.74) is -1.08. The van der Waals surface area contributed by atoms with Crippen LogP contribution in [0.25, 0.3) is 0 Å². The fourth-order valence-electron chi connectivity index (χ4n) is 2.87. The molecule has 0 bridgehead atoms. The number of carbonyl (C=O) groups excluding carboxylic acids is 3. The highest BCUT2D eigenvalue weighted by molar-refractivity contribution is 5.98. The molecule has 1 saturated heterocycles. The Balaban J connectivity index is 2.24. The summed E-state index contributed by atoms with van der Waals surface area (Å²) in [6, 6.07) is 0. The molecule has 20 heavy (non-hydrogen) atoms. The van der Waals surface area contributed by atoms with Crippen LogP contribution in [0.5, 0.6) is 0 Å². The molecule has 1 aliphatic heterocycles. The van der Waals surface area contributed by atoms with E-state index in [4.69, 9.17) is 4.74 Å². The van der Waals surface area contributed by atoms with Crippen LogP contribution in [0.15, 0.2) is 24.3 Å². The van der Waals surface area contributed by atoms with Gasteiger partial charge in [-0.2, -0.15) is 0 Å². The minimum absolute atomic E-state index is 0.00136. The van der Waals surface area contributed by atoms with Crippen molar-refractivity contribution in [2.45, 2.75) is 38.4 Å². The Bertz CT molecular complexity index is 514. The van der Waals surface area contributed by atoms with Crippen molar-refractivity contribution in [2.75, 3.05) is 0 Å². The van der Waals surface area contributed by atoms with E-state index in [1.54, 1.807) is 0 Å². The summed E-state index contributed by atoms with van der Waals surface area (Å²) in [6.45, 7) is 6.67. The Morgan fingerprint density at radius 2 is 2.15 bits per heavy atom. The average molecular weight is 278 g/mol. The normalized spacial score (nSPS) is 36.5. The maximum Gasteiger partial charge on any atom is 0.334 e. The highest BCUT2D eigenvalue weighted by atomic mass is 16.6. The summed E-state index contributed by atoms with van der Waals surface area (Å²) in [4.78, 5) is 34.8. The van der Waals surface area contributed by atoms with Crippen molar-refractivity contribution in [1.29, 1.82) is 0 Å². The molecule has 2 rings (SSSR count). The van der Waals surface area contributed by atoms with Gasteiger partial charge in [0.2, 0.25) is 0 Å². The van der Waals surface area contributed by atoms with E-state index >= 15 is 0 Å². The predicted molar refractivity (Wildman–Crippen MR) is 70.7 cm³/mol. The highest BCUT2D eigenvalue weighted by Crippen LogP contribution is 2.41. The summed E-state index contributed by atoms with van der Waals surface area (Å²) in [7, 11) is 0. The van der Waals surface area contributed by atoms with Crippen LogP contribution in [-0.4, -0.2) is 34.3 Å². The molecular formula is C15H18O5. The number of hydrogen-bond donors (Lipinski definition) is 1. The van der Waals surface area contributed by atoms with Gasteiger partial charge in [0.15, 0.2) is 5.78 Å². The summed E-state index contributed by atoms with van der Waals surface area (Å²) in [5.74, 6) is -2.07. The van der Waals surface area contributed by atoms with E-state index in [0.717, 1.165) is 0 Å². The number of aliphatic hydroxyl groups is 1. The van der Waals surface area contributed by atoms with Gasteiger partial charge in [0.05, 0.1) is 11.5 Å². The van der Waals surface area contributed by atoms with E-state index < -0.39 is 29.5 Å². The Labute approximate surface area is 117 Å². The maximum atomic E-state index is 11.9. The Morgan fingerprint density at radius 3 is 2.65 bits per heavy atom. The van der Waals surface area contributed by atoms with Crippen LogP contribution in [0, 0.1) is 11.8 Å². The molecule has 0 aromatic rings. The number of ketones is 2. The molecule has 0 aromatic heterocycles. The lowest BCUT2D eigenvalue weighted by atomic mass is 9.78. The molecule has 0 saturated carbocycles. The number of rotatable bonds is 4. The molecule has 0 amide bonds. The van der Waals surface area contributed by atoms with E-state index in [-0.39, 0.29) is 23.6 Å². The van der Waals surface area contributed by atoms with Gasteiger partial charge in [0.25, 0.3) is 0 Å². The number of ether oxygens (including phenoxy) is 1. The number of cyclic esters (lactones) is 1. The molecule has 108 valence electrons. The third-order valence-corrected chi connectivity index (χ3v) is 4.01. The van der Waals surface area contributed by atoms with Crippen LogP contribution in [-0.2, 0) is 19.1 Å². The van der Waals surface area contributed by atoms with E-state index in [2.05, 4.69) is 6.58 Å². The molecule has 0 unspecified atom stereocenters. The van der Waals surface area contributed by atoms with Crippen LogP contribution in [0.4, 0.5) is 0 Å². The van der Waals surface area contributed by atoms with E-state index in [1.807, 2.05) is 0 Å². The molecule has 5 nitrogen and oxygen atoms in total. The van der Waals surface area contributed by atoms with Crippen molar-refractivity contribution >= 4 is 17.5 Å². The zero-order chi connectivity index (χ0) is 15.1. The van der Waals surface area contributed by atoms with E-state index in [1.165, 1.54) is 26.0 Å². The molecule has 1 fully saturated rings. The molecule has 5 heteroatoms. The first-order valence-electron chi connectivity index (χ1n) is 6.58. The van der Waals surface area contributed by atoms with Gasteiger partial charge in [0.1, 0.15) is 11.9 Å². The molecule has 1 N–H and O–H groups in total. The second-order valence-electron chi connectivity index (χ2n) is 5.68. The standard InChI is InChI=1S/C15H18O5/c1-8(16)4-5-10-9(2)14(18)20-13(10)12-11(17)6-7-15(12,3)19/h6-7,10,12-13,19H,2,4-5H2,1,3H3/t10-,12+,13-,15+/m0/s1. The Kier molecular flexibility index (Phi) is 3.65. The van der Waals surface area contributed by atoms with Crippen LogP contribution in [0.1, 0.15) is 26.7 Å². The lowest BCUT2D eigenvalue weighted by Gasteiger charge is -2.30. The molecule has 1 heterocycles. The van der Waals surface area contributed by atoms with E-state index in [9.17, 15) is 19.5 Å². The predicted octanol–water partition coefficient (Wildman–Crippen LogP) is 0.959. The van der Waals surface area contributed by atoms with Crippen molar-refractivity contribution in [1.82, 2.24) is 0 Å².